The quantitative estimate of drug-likeness (QED) is 0.637. The summed E-state index contributed by atoms with van der Waals surface area (Å²) in [7, 11) is 0. The highest BCUT2D eigenvalue weighted by Gasteiger charge is 2.31. The Morgan fingerprint density at radius 3 is 2.33 bits per heavy atom. The summed E-state index contributed by atoms with van der Waals surface area (Å²) in [6.07, 6.45) is -4.42. The highest BCUT2D eigenvalue weighted by atomic mass is 35.5. The van der Waals surface area contributed by atoms with Gasteiger partial charge in [-0.05, 0) is 35.4 Å². The highest BCUT2D eigenvalue weighted by Crippen LogP contribution is 2.34. The summed E-state index contributed by atoms with van der Waals surface area (Å²) in [4.78, 5) is 0. The molecule has 0 radical (unpaired) electrons. The van der Waals surface area contributed by atoms with Gasteiger partial charge in [0.15, 0.2) is 0 Å². The maximum atomic E-state index is 12.8. The molecule has 0 saturated carbocycles. The van der Waals surface area contributed by atoms with Gasteiger partial charge in [-0.2, -0.15) is 13.2 Å². The van der Waals surface area contributed by atoms with Crippen molar-refractivity contribution >= 4 is 23.2 Å². The Kier molecular flexibility index (Phi) is 4.78. The number of hydrogen-bond donors (Lipinski definition) is 2. The van der Waals surface area contributed by atoms with Gasteiger partial charge in [0.2, 0.25) is 0 Å². The van der Waals surface area contributed by atoms with Gasteiger partial charge in [0, 0.05) is 10.0 Å². The maximum absolute atomic E-state index is 12.8. The summed E-state index contributed by atoms with van der Waals surface area (Å²) >= 11 is 11.9. The topological polar surface area (TPSA) is 38.0 Å². The molecule has 0 aliphatic rings. The standard InChI is InChI=1S/C14H11Cl2F3N2/c15-10-4-5-11(12(16)7-10)13(21-20)8-2-1-3-9(6-8)14(17,18)19/h1-7,13,21H,20H2. The lowest BCUT2D eigenvalue weighted by molar-refractivity contribution is -0.137. The summed E-state index contributed by atoms with van der Waals surface area (Å²) in [5, 5.41) is 0.756. The predicted molar refractivity (Wildman–Crippen MR) is 77.1 cm³/mol. The molecular weight excluding hydrogens is 324 g/mol. The molecule has 3 N–H and O–H groups in total. The Morgan fingerprint density at radius 1 is 1.05 bits per heavy atom. The molecule has 1 atom stereocenters. The molecule has 0 fully saturated rings. The van der Waals surface area contributed by atoms with Crippen LogP contribution in [0.5, 0.6) is 0 Å². The lowest BCUT2D eigenvalue weighted by Gasteiger charge is -2.19. The molecule has 1 unspecified atom stereocenters. The van der Waals surface area contributed by atoms with Gasteiger partial charge in [0.1, 0.15) is 0 Å². The summed E-state index contributed by atoms with van der Waals surface area (Å²) in [5.74, 6) is 5.48. The molecule has 0 aliphatic heterocycles. The van der Waals surface area contributed by atoms with E-state index in [0.717, 1.165) is 12.1 Å². The van der Waals surface area contributed by atoms with Gasteiger partial charge in [0.05, 0.1) is 11.6 Å². The minimum absolute atomic E-state index is 0.322. The van der Waals surface area contributed by atoms with Crippen LogP contribution >= 0.6 is 23.2 Å². The smallest absolute Gasteiger partial charge is 0.271 e. The Labute approximate surface area is 129 Å². The van der Waals surface area contributed by atoms with Crippen molar-refractivity contribution < 1.29 is 13.2 Å². The van der Waals surface area contributed by atoms with Crippen LogP contribution in [-0.4, -0.2) is 0 Å². The number of halogens is 5. The largest absolute Gasteiger partial charge is 0.416 e. The average Bonchev–Trinajstić information content (AvgIpc) is 2.41. The zero-order valence-corrected chi connectivity index (χ0v) is 12.1. The van der Waals surface area contributed by atoms with E-state index in [-0.39, 0.29) is 0 Å². The van der Waals surface area contributed by atoms with Crippen LogP contribution in [0.25, 0.3) is 0 Å². The first-order valence-electron chi connectivity index (χ1n) is 5.91. The molecule has 7 heteroatoms. The van der Waals surface area contributed by atoms with Crippen LogP contribution in [-0.2, 0) is 6.18 Å². The molecule has 2 rings (SSSR count). The summed E-state index contributed by atoms with van der Waals surface area (Å²) in [6, 6.07) is 8.97. The van der Waals surface area contributed by atoms with Crippen LogP contribution in [0.1, 0.15) is 22.7 Å². The van der Waals surface area contributed by atoms with Crippen molar-refractivity contribution in [1.29, 1.82) is 0 Å². The number of nitrogens with two attached hydrogens (primary N) is 1. The number of nitrogens with one attached hydrogen (secondary N) is 1. The van der Waals surface area contributed by atoms with Crippen molar-refractivity contribution in [3.63, 3.8) is 0 Å². The average molecular weight is 335 g/mol. The third-order valence-electron chi connectivity index (χ3n) is 2.99. The van der Waals surface area contributed by atoms with Gasteiger partial charge in [0.25, 0.3) is 0 Å². The van der Waals surface area contributed by atoms with Gasteiger partial charge in [-0.15, -0.1) is 0 Å². The molecule has 0 amide bonds. The maximum Gasteiger partial charge on any atom is 0.416 e. The van der Waals surface area contributed by atoms with Gasteiger partial charge in [-0.1, -0.05) is 41.4 Å². The summed E-state index contributed by atoms with van der Waals surface area (Å²) < 4.78 is 38.3. The molecule has 2 aromatic carbocycles. The van der Waals surface area contributed by atoms with Crippen LogP contribution in [0.2, 0.25) is 10.0 Å². The second-order valence-electron chi connectivity index (χ2n) is 4.39. The minimum Gasteiger partial charge on any atom is -0.271 e. The predicted octanol–water partition coefficient (Wildman–Crippen LogP) is 4.56. The van der Waals surface area contributed by atoms with Crippen molar-refractivity contribution in [2.75, 3.05) is 0 Å². The molecule has 2 aromatic rings. The molecule has 0 aromatic heterocycles. The first kappa shape index (κ1) is 16.1. The lowest BCUT2D eigenvalue weighted by Crippen LogP contribution is -2.29. The van der Waals surface area contributed by atoms with E-state index in [9.17, 15) is 13.2 Å². The van der Waals surface area contributed by atoms with Crippen LogP contribution in [0.4, 0.5) is 13.2 Å². The van der Waals surface area contributed by atoms with E-state index in [1.807, 2.05) is 0 Å². The fraction of sp³-hybridized carbons (Fsp3) is 0.143. The fourth-order valence-corrected chi connectivity index (χ4v) is 2.51. The molecular formula is C14H11Cl2F3N2. The number of rotatable bonds is 3. The van der Waals surface area contributed by atoms with Gasteiger partial charge >= 0.3 is 6.18 Å². The molecule has 0 saturated heterocycles. The van der Waals surface area contributed by atoms with Crippen molar-refractivity contribution in [2.24, 2.45) is 5.84 Å². The molecule has 0 aliphatic carbocycles. The van der Waals surface area contributed by atoms with E-state index >= 15 is 0 Å². The third kappa shape index (κ3) is 3.68. The van der Waals surface area contributed by atoms with E-state index in [1.54, 1.807) is 18.2 Å². The Morgan fingerprint density at radius 2 is 1.76 bits per heavy atom. The first-order chi connectivity index (χ1) is 9.82. The van der Waals surface area contributed by atoms with E-state index < -0.39 is 17.8 Å². The minimum atomic E-state index is -4.42. The van der Waals surface area contributed by atoms with E-state index in [1.165, 1.54) is 12.1 Å². The Balaban J connectivity index is 2.47. The molecule has 0 heterocycles. The van der Waals surface area contributed by atoms with Crippen molar-refractivity contribution in [3.8, 4) is 0 Å². The zero-order valence-electron chi connectivity index (χ0n) is 10.6. The highest BCUT2D eigenvalue weighted by molar-refractivity contribution is 6.35. The monoisotopic (exact) mass is 334 g/mol. The van der Waals surface area contributed by atoms with Crippen LogP contribution in [0.15, 0.2) is 42.5 Å². The number of alkyl halides is 3. The second-order valence-corrected chi connectivity index (χ2v) is 5.23. The molecule has 0 spiro atoms. The second kappa shape index (κ2) is 6.23. The normalized spacial score (nSPS) is 13.2. The SMILES string of the molecule is NNC(c1cccc(C(F)(F)F)c1)c1ccc(Cl)cc1Cl. The van der Waals surface area contributed by atoms with Gasteiger partial charge < -0.3 is 0 Å². The summed E-state index contributed by atoms with van der Waals surface area (Å²) in [6.45, 7) is 0. The van der Waals surface area contributed by atoms with Gasteiger partial charge in [-0.3, -0.25) is 5.84 Å². The summed E-state index contributed by atoms with van der Waals surface area (Å²) in [5.41, 5.74) is 2.64. The lowest BCUT2D eigenvalue weighted by atomic mass is 9.97. The van der Waals surface area contributed by atoms with E-state index in [2.05, 4.69) is 5.43 Å². The van der Waals surface area contributed by atoms with Crippen molar-refractivity contribution in [2.45, 2.75) is 12.2 Å². The number of benzene rings is 2. The Bertz CT molecular complexity index is 644. The van der Waals surface area contributed by atoms with Crippen molar-refractivity contribution in [1.82, 2.24) is 5.43 Å². The molecule has 2 nitrogen and oxygen atoms in total. The number of hydrogen-bond acceptors (Lipinski definition) is 2. The van der Waals surface area contributed by atoms with Crippen molar-refractivity contribution in [3.05, 3.63) is 69.2 Å². The molecule has 112 valence electrons. The fourth-order valence-electron chi connectivity index (χ4n) is 2.00. The molecule has 21 heavy (non-hydrogen) atoms. The number of hydrazine groups is 1. The first-order valence-corrected chi connectivity index (χ1v) is 6.66. The zero-order chi connectivity index (χ0) is 15.6. The Hall–Kier alpha value is -1.27. The van der Waals surface area contributed by atoms with Crippen LogP contribution in [0, 0.1) is 0 Å². The van der Waals surface area contributed by atoms with Crippen LogP contribution in [0.3, 0.4) is 0 Å². The van der Waals surface area contributed by atoms with Gasteiger partial charge in [-0.25, -0.2) is 5.43 Å². The van der Waals surface area contributed by atoms with Crippen LogP contribution < -0.4 is 11.3 Å². The van der Waals surface area contributed by atoms with E-state index in [4.69, 9.17) is 29.0 Å². The molecule has 0 bridgehead atoms. The third-order valence-corrected chi connectivity index (χ3v) is 3.55. The van der Waals surface area contributed by atoms with E-state index in [0.29, 0.717) is 21.2 Å².